The molecule has 0 spiro atoms. The predicted octanol–water partition coefficient (Wildman–Crippen LogP) is 6.34. The number of aliphatic hydroxyl groups is 1. The molecule has 3 aromatic rings. The molecule has 148 valence electrons. The largest absolute Gasteiger partial charge is 0.491 e. The van der Waals surface area contributed by atoms with Crippen molar-refractivity contribution in [1.29, 1.82) is 0 Å². The maximum absolute atomic E-state index is 9.23. The van der Waals surface area contributed by atoms with E-state index in [0.29, 0.717) is 12.5 Å². The van der Waals surface area contributed by atoms with E-state index < -0.39 is 0 Å². The van der Waals surface area contributed by atoms with Gasteiger partial charge < -0.3 is 9.84 Å². The van der Waals surface area contributed by atoms with Crippen LogP contribution in [0.2, 0.25) is 0 Å². The van der Waals surface area contributed by atoms with Gasteiger partial charge in [-0.25, -0.2) is 0 Å². The number of fused-ring (bicyclic) bond motifs is 3. The molecule has 2 heteroatoms. The molecule has 2 aliphatic carbocycles. The van der Waals surface area contributed by atoms with Crippen molar-refractivity contribution < 1.29 is 9.84 Å². The molecule has 5 rings (SSSR count). The lowest BCUT2D eigenvalue weighted by molar-refractivity contribution is 0.202. The summed E-state index contributed by atoms with van der Waals surface area (Å²) in [6, 6.07) is 22.1. The Labute approximate surface area is 173 Å². The van der Waals surface area contributed by atoms with Crippen LogP contribution in [0, 0.1) is 0 Å². The molecule has 0 saturated heterocycles. The summed E-state index contributed by atoms with van der Waals surface area (Å²) in [6.45, 7) is 0.354. The molecule has 2 nitrogen and oxygen atoms in total. The maximum Gasteiger partial charge on any atom is 0.127 e. The fourth-order valence-corrected chi connectivity index (χ4v) is 5.16. The van der Waals surface area contributed by atoms with Crippen molar-refractivity contribution in [2.75, 3.05) is 13.2 Å². The van der Waals surface area contributed by atoms with E-state index in [1.165, 1.54) is 71.0 Å². The van der Waals surface area contributed by atoms with Crippen LogP contribution in [0.1, 0.15) is 54.7 Å². The van der Waals surface area contributed by atoms with Crippen LogP contribution < -0.4 is 4.74 Å². The summed E-state index contributed by atoms with van der Waals surface area (Å²) in [7, 11) is 0. The fraction of sp³-hybridized carbons (Fsp3) is 0.333. The Morgan fingerprint density at radius 3 is 2.59 bits per heavy atom. The Kier molecular flexibility index (Phi) is 5.12. The zero-order chi connectivity index (χ0) is 19.6. The molecule has 3 aromatic carbocycles. The molecule has 0 amide bonds. The third-order valence-corrected chi connectivity index (χ3v) is 6.55. The van der Waals surface area contributed by atoms with Gasteiger partial charge in [0.1, 0.15) is 12.4 Å². The molecule has 0 radical (unpaired) electrons. The number of ether oxygens (including phenoxy) is 1. The van der Waals surface area contributed by atoms with Crippen LogP contribution in [0.3, 0.4) is 0 Å². The van der Waals surface area contributed by atoms with Crippen molar-refractivity contribution >= 4 is 0 Å². The summed E-state index contributed by atoms with van der Waals surface area (Å²) in [6.07, 6.45) is 7.68. The molecule has 0 heterocycles. The van der Waals surface area contributed by atoms with Gasteiger partial charge in [0, 0.05) is 5.56 Å². The Morgan fingerprint density at radius 2 is 1.72 bits per heavy atom. The van der Waals surface area contributed by atoms with Crippen LogP contribution in [0.25, 0.3) is 22.3 Å². The van der Waals surface area contributed by atoms with E-state index in [4.69, 9.17) is 4.74 Å². The van der Waals surface area contributed by atoms with Gasteiger partial charge in [-0.2, -0.15) is 0 Å². The second-order valence-electron chi connectivity index (χ2n) is 8.33. The summed E-state index contributed by atoms with van der Waals surface area (Å²) in [5.74, 6) is 1.59. The van der Waals surface area contributed by atoms with Crippen LogP contribution in [0.5, 0.6) is 5.75 Å². The van der Waals surface area contributed by atoms with Gasteiger partial charge in [-0.1, -0.05) is 73.9 Å². The highest BCUT2D eigenvalue weighted by Gasteiger charge is 2.26. The molecular formula is C27H28O2. The molecule has 0 aliphatic heterocycles. The van der Waals surface area contributed by atoms with Crippen LogP contribution in [-0.2, 0) is 6.42 Å². The molecule has 1 fully saturated rings. The number of benzene rings is 3. The Hall–Kier alpha value is -2.58. The summed E-state index contributed by atoms with van der Waals surface area (Å²) in [5.41, 5.74) is 9.29. The minimum Gasteiger partial charge on any atom is -0.491 e. The summed E-state index contributed by atoms with van der Waals surface area (Å²) >= 11 is 0. The second kappa shape index (κ2) is 8.04. The van der Waals surface area contributed by atoms with Gasteiger partial charge in [0.25, 0.3) is 0 Å². The highest BCUT2D eigenvalue weighted by Crippen LogP contribution is 2.47. The lowest BCUT2D eigenvalue weighted by atomic mass is 9.83. The van der Waals surface area contributed by atoms with Gasteiger partial charge >= 0.3 is 0 Å². The third-order valence-electron chi connectivity index (χ3n) is 6.55. The molecule has 29 heavy (non-hydrogen) atoms. The van der Waals surface area contributed by atoms with Gasteiger partial charge in [-0.15, -0.1) is 0 Å². The molecule has 2 aliphatic rings. The highest BCUT2D eigenvalue weighted by atomic mass is 16.5. The van der Waals surface area contributed by atoms with E-state index in [9.17, 15) is 5.11 Å². The van der Waals surface area contributed by atoms with Crippen molar-refractivity contribution in [3.63, 3.8) is 0 Å². The molecule has 0 aromatic heterocycles. The molecular weight excluding hydrogens is 356 g/mol. The van der Waals surface area contributed by atoms with Gasteiger partial charge in [0.05, 0.1) is 6.61 Å². The van der Waals surface area contributed by atoms with Crippen molar-refractivity contribution in [3.05, 3.63) is 77.4 Å². The van der Waals surface area contributed by atoms with Crippen molar-refractivity contribution in [3.8, 4) is 28.0 Å². The minimum atomic E-state index is 0.0294. The lowest BCUT2D eigenvalue weighted by Crippen LogP contribution is -2.05. The van der Waals surface area contributed by atoms with Crippen LogP contribution in [-0.4, -0.2) is 18.3 Å². The van der Waals surface area contributed by atoms with Crippen molar-refractivity contribution in [1.82, 2.24) is 0 Å². The lowest BCUT2D eigenvalue weighted by Gasteiger charge is -2.23. The van der Waals surface area contributed by atoms with Gasteiger partial charge in [-0.05, 0) is 64.6 Å². The van der Waals surface area contributed by atoms with Crippen molar-refractivity contribution in [2.24, 2.45) is 0 Å². The second-order valence-corrected chi connectivity index (χ2v) is 8.33. The molecule has 0 bridgehead atoms. The highest BCUT2D eigenvalue weighted by molar-refractivity contribution is 5.88. The number of hydrogen-bond donors (Lipinski definition) is 1. The summed E-state index contributed by atoms with van der Waals surface area (Å²) in [5, 5.41) is 9.23. The average Bonchev–Trinajstić information content (AvgIpc) is 3.18. The standard InChI is InChI=1S/C27H28O2/c28-15-16-29-26-14-13-23(25-18-22-9-4-5-12-24(22)27(25)26)21-11-6-10-20(17-21)19-7-2-1-3-8-19/h4-6,9-14,17,19,28H,1-3,7-8,15-16,18H2. The van der Waals surface area contributed by atoms with Crippen LogP contribution in [0.15, 0.2) is 60.7 Å². The first-order valence-corrected chi connectivity index (χ1v) is 10.9. The number of aliphatic hydroxyl groups excluding tert-OH is 1. The zero-order valence-corrected chi connectivity index (χ0v) is 16.9. The van der Waals surface area contributed by atoms with Crippen LogP contribution in [0.4, 0.5) is 0 Å². The molecule has 0 unspecified atom stereocenters. The van der Waals surface area contributed by atoms with E-state index in [2.05, 4.69) is 60.7 Å². The average molecular weight is 385 g/mol. The quantitative estimate of drug-likeness (QED) is 0.435. The third kappa shape index (κ3) is 3.47. The zero-order valence-electron chi connectivity index (χ0n) is 16.9. The van der Waals surface area contributed by atoms with Gasteiger partial charge in [-0.3, -0.25) is 0 Å². The topological polar surface area (TPSA) is 29.5 Å². The first kappa shape index (κ1) is 18.4. The number of hydrogen-bond acceptors (Lipinski definition) is 2. The summed E-state index contributed by atoms with van der Waals surface area (Å²) in [4.78, 5) is 0. The van der Waals surface area contributed by atoms with E-state index >= 15 is 0 Å². The Balaban J connectivity index is 1.59. The summed E-state index contributed by atoms with van der Waals surface area (Å²) < 4.78 is 5.91. The van der Waals surface area contributed by atoms with Crippen LogP contribution >= 0.6 is 0 Å². The molecule has 0 atom stereocenters. The monoisotopic (exact) mass is 384 g/mol. The maximum atomic E-state index is 9.23. The first-order valence-electron chi connectivity index (χ1n) is 10.9. The van der Waals surface area contributed by atoms with Crippen molar-refractivity contribution in [2.45, 2.75) is 44.4 Å². The van der Waals surface area contributed by atoms with Gasteiger partial charge in [0.15, 0.2) is 0 Å². The SMILES string of the molecule is OCCOc1ccc(-c2cccc(C3CCCCC3)c2)c2c1-c1ccccc1C2. The smallest absolute Gasteiger partial charge is 0.127 e. The minimum absolute atomic E-state index is 0.0294. The Morgan fingerprint density at radius 1 is 0.862 bits per heavy atom. The predicted molar refractivity (Wildman–Crippen MR) is 119 cm³/mol. The normalized spacial score (nSPS) is 15.8. The molecule has 1 N–H and O–H groups in total. The van der Waals surface area contributed by atoms with E-state index in [1.54, 1.807) is 0 Å². The van der Waals surface area contributed by atoms with Gasteiger partial charge in [0.2, 0.25) is 0 Å². The van der Waals surface area contributed by atoms with E-state index in [0.717, 1.165) is 12.2 Å². The molecule has 1 saturated carbocycles. The number of rotatable bonds is 5. The fourth-order valence-electron chi connectivity index (χ4n) is 5.16. The Bertz CT molecular complexity index is 1010. The van der Waals surface area contributed by atoms with E-state index in [1.807, 2.05) is 0 Å². The van der Waals surface area contributed by atoms with E-state index in [-0.39, 0.29) is 6.61 Å². The first-order chi connectivity index (χ1) is 14.3.